The Labute approximate surface area is 159 Å². The summed E-state index contributed by atoms with van der Waals surface area (Å²) in [7, 11) is 1.50. The zero-order chi connectivity index (χ0) is 19.9. The van der Waals surface area contributed by atoms with Gasteiger partial charge in [-0.2, -0.15) is 0 Å². The molecule has 1 heterocycles. The van der Waals surface area contributed by atoms with Crippen LogP contribution in [0.2, 0.25) is 0 Å². The fourth-order valence-electron chi connectivity index (χ4n) is 3.59. The average Bonchev–Trinajstić information content (AvgIpc) is 2.87. The minimum Gasteiger partial charge on any atom is -0.465 e. The molecule has 4 amide bonds. The van der Waals surface area contributed by atoms with E-state index in [1.54, 1.807) is 6.92 Å². The van der Waals surface area contributed by atoms with Gasteiger partial charge in [0.2, 0.25) is 5.91 Å². The van der Waals surface area contributed by atoms with Gasteiger partial charge in [0.25, 0.3) is 5.91 Å². The molecule has 1 saturated carbocycles. The molecule has 0 aromatic heterocycles. The van der Waals surface area contributed by atoms with E-state index in [2.05, 4.69) is 5.32 Å². The minimum atomic E-state index is -0.793. The van der Waals surface area contributed by atoms with Crippen molar-refractivity contribution in [2.75, 3.05) is 40.0 Å². The number of methoxy groups -OCH3 is 1. The van der Waals surface area contributed by atoms with Gasteiger partial charge < -0.3 is 19.7 Å². The Kier molecular flexibility index (Phi) is 7.58. The topological polar surface area (TPSA) is 105 Å². The standard InChI is InChI=1S/C18H29N3O6/c1-3-27-15(23)13-20(11-12-26-2)14(22)7-10-21-16(24)18(19-17(21)25)8-5-4-6-9-18/h3-13H2,1-2H3,(H,19,25). The van der Waals surface area contributed by atoms with Gasteiger partial charge in [-0.15, -0.1) is 0 Å². The largest absolute Gasteiger partial charge is 0.465 e. The van der Waals surface area contributed by atoms with Crippen molar-refractivity contribution in [3.8, 4) is 0 Å². The minimum absolute atomic E-state index is 0.00242. The molecular weight excluding hydrogens is 354 g/mol. The van der Waals surface area contributed by atoms with Crippen molar-refractivity contribution in [2.45, 2.75) is 51.0 Å². The molecule has 1 aliphatic carbocycles. The highest BCUT2D eigenvalue weighted by Gasteiger charge is 2.51. The molecule has 0 unspecified atom stereocenters. The highest BCUT2D eigenvalue weighted by atomic mass is 16.5. The zero-order valence-corrected chi connectivity index (χ0v) is 16.1. The quantitative estimate of drug-likeness (QED) is 0.463. The third-order valence-corrected chi connectivity index (χ3v) is 5.05. The summed E-state index contributed by atoms with van der Waals surface area (Å²) in [6.45, 7) is 2.25. The number of carbonyl (C=O) groups is 4. The number of rotatable bonds is 9. The second kappa shape index (κ2) is 9.68. The van der Waals surface area contributed by atoms with Crippen molar-refractivity contribution >= 4 is 23.8 Å². The molecule has 1 aliphatic heterocycles. The number of hydrogen-bond acceptors (Lipinski definition) is 6. The highest BCUT2D eigenvalue weighted by molar-refractivity contribution is 6.07. The molecule has 1 saturated heterocycles. The van der Waals surface area contributed by atoms with Crippen LogP contribution in [0.1, 0.15) is 45.4 Å². The molecule has 0 bridgehead atoms. The maximum absolute atomic E-state index is 12.7. The van der Waals surface area contributed by atoms with E-state index in [1.165, 1.54) is 12.0 Å². The van der Waals surface area contributed by atoms with Gasteiger partial charge in [0, 0.05) is 26.6 Å². The molecule has 2 aliphatic rings. The Morgan fingerprint density at radius 2 is 1.93 bits per heavy atom. The van der Waals surface area contributed by atoms with Crippen molar-refractivity contribution in [3.63, 3.8) is 0 Å². The Morgan fingerprint density at radius 3 is 2.56 bits per heavy atom. The van der Waals surface area contributed by atoms with Crippen LogP contribution in [-0.4, -0.2) is 79.1 Å². The summed E-state index contributed by atoms with van der Waals surface area (Å²) in [5.41, 5.74) is -0.793. The van der Waals surface area contributed by atoms with E-state index in [1.807, 2.05) is 0 Å². The second-order valence-corrected chi connectivity index (χ2v) is 6.89. The molecule has 9 nitrogen and oxygen atoms in total. The molecule has 0 aromatic rings. The third kappa shape index (κ3) is 5.18. The van der Waals surface area contributed by atoms with Gasteiger partial charge in [0.15, 0.2) is 0 Å². The molecule has 27 heavy (non-hydrogen) atoms. The molecule has 0 aromatic carbocycles. The molecule has 2 rings (SSSR count). The van der Waals surface area contributed by atoms with Gasteiger partial charge in [-0.3, -0.25) is 19.3 Å². The maximum Gasteiger partial charge on any atom is 0.325 e. The van der Waals surface area contributed by atoms with Crippen LogP contribution < -0.4 is 5.32 Å². The van der Waals surface area contributed by atoms with Crippen LogP contribution in [0.4, 0.5) is 4.79 Å². The van der Waals surface area contributed by atoms with E-state index in [0.29, 0.717) is 12.8 Å². The predicted octanol–water partition coefficient (Wildman–Crippen LogP) is 0.669. The van der Waals surface area contributed by atoms with Gasteiger partial charge in [-0.25, -0.2) is 4.79 Å². The summed E-state index contributed by atoms with van der Waals surface area (Å²) >= 11 is 0. The fraction of sp³-hybridized carbons (Fsp3) is 0.778. The first-order valence-electron chi connectivity index (χ1n) is 9.50. The number of imide groups is 1. The lowest BCUT2D eigenvalue weighted by Gasteiger charge is -2.30. The van der Waals surface area contributed by atoms with Gasteiger partial charge in [0.05, 0.1) is 13.2 Å². The number of ether oxygens (including phenoxy) is 2. The van der Waals surface area contributed by atoms with Gasteiger partial charge in [0.1, 0.15) is 12.1 Å². The summed E-state index contributed by atoms with van der Waals surface area (Å²) < 4.78 is 9.86. The Hall–Kier alpha value is -2.16. The van der Waals surface area contributed by atoms with Crippen LogP contribution in [0.25, 0.3) is 0 Å². The van der Waals surface area contributed by atoms with Crippen LogP contribution in [0.15, 0.2) is 0 Å². The van der Waals surface area contributed by atoms with E-state index in [9.17, 15) is 19.2 Å². The van der Waals surface area contributed by atoms with E-state index >= 15 is 0 Å². The fourth-order valence-corrected chi connectivity index (χ4v) is 3.59. The zero-order valence-electron chi connectivity index (χ0n) is 16.1. The van der Waals surface area contributed by atoms with Crippen LogP contribution in [0.3, 0.4) is 0 Å². The smallest absolute Gasteiger partial charge is 0.325 e. The third-order valence-electron chi connectivity index (χ3n) is 5.05. The summed E-state index contributed by atoms with van der Waals surface area (Å²) in [5.74, 6) is -1.07. The van der Waals surface area contributed by atoms with Crippen molar-refractivity contribution in [3.05, 3.63) is 0 Å². The lowest BCUT2D eigenvalue weighted by atomic mass is 9.82. The van der Waals surface area contributed by atoms with Crippen LogP contribution in [0, 0.1) is 0 Å². The summed E-state index contributed by atoms with van der Waals surface area (Å²) in [6, 6.07) is -0.441. The van der Waals surface area contributed by atoms with Gasteiger partial charge >= 0.3 is 12.0 Å². The molecule has 0 radical (unpaired) electrons. The van der Waals surface area contributed by atoms with E-state index in [-0.39, 0.29) is 51.1 Å². The summed E-state index contributed by atoms with van der Waals surface area (Å²) in [4.78, 5) is 51.7. The first-order chi connectivity index (χ1) is 12.9. The monoisotopic (exact) mass is 383 g/mol. The van der Waals surface area contributed by atoms with E-state index in [4.69, 9.17) is 9.47 Å². The molecule has 0 atom stereocenters. The number of hydrogen-bond donors (Lipinski definition) is 1. The molecule has 9 heteroatoms. The van der Waals surface area contributed by atoms with Crippen molar-refractivity contribution < 1.29 is 28.7 Å². The van der Waals surface area contributed by atoms with E-state index in [0.717, 1.165) is 24.2 Å². The molecule has 1 N–H and O–H groups in total. The molecule has 152 valence electrons. The second-order valence-electron chi connectivity index (χ2n) is 6.89. The molecule has 2 fully saturated rings. The average molecular weight is 383 g/mol. The number of carbonyl (C=O) groups excluding carboxylic acids is 4. The van der Waals surface area contributed by atoms with Gasteiger partial charge in [-0.1, -0.05) is 19.3 Å². The molecule has 1 spiro atoms. The lowest BCUT2D eigenvalue weighted by molar-refractivity contribution is -0.149. The number of esters is 1. The number of nitrogens with zero attached hydrogens (tertiary/aromatic N) is 2. The Bertz CT molecular complexity index is 573. The molecular formula is C18H29N3O6. The number of nitrogens with one attached hydrogen (secondary N) is 1. The predicted molar refractivity (Wildman–Crippen MR) is 95.8 cm³/mol. The van der Waals surface area contributed by atoms with Crippen molar-refractivity contribution in [1.29, 1.82) is 0 Å². The first-order valence-corrected chi connectivity index (χ1v) is 9.50. The summed E-state index contributed by atoms with van der Waals surface area (Å²) in [5, 5.41) is 2.82. The van der Waals surface area contributed by atoms with Crippen molar-refractivity contribution in [1.82, 2.24) is 15.1 Å². The van der Waals surface area contributed by atoms with Gasteiger partial charge in [-0.05, 0) is 19.8 Å². The van der Waals surface area contributed by atoms with Crippen LogP contribution in [0.5, 0.6) is 0 Å². The number of urea groups is 1. The maximum atomic E-state index is 12.7. The summed E-state index contributed by atoms with van der Waals surface area (Å²) in [6.07, 6.45) is 4.12. The first kappa shape index (κ1) is 21.1. The van der Waals surface area contributed by atoms with E-state index < -0.39 is 17.5 Å². The Morgan fingerprint density at radius 1 is 1.22 bits per heavy atom. The Balaban J connectivity index is 1.94. The number of amides is 4. The van der Waals surface area contributed by atoms with Crippen LogP contribution in [-0.2, 0) is 23.9 Å². The lowest BCUT2D eigenvalue weighted by Crippen LogP contribution is -2.48. The highest BCUT2D eigenvalue weighted by Crippen LogP contribution is 2.33. The van der Waals surface area contributed by atoms with Crippen LogP contribution >= 0.6 is 0 Å². The normalized spacial score (nSPS) is 18.5. The SMILES string of the molecule is CCOC(=O)CN(CCOC)C(=O)CCN1C(=O)NC2(CCCCC2)C1=O. The van der Waals surface area contributed by atoms with Crippen molar-refractivity contribution in [2.24, 2.45) is 0 Å².